The van der Waals surface area contributed by atoms with Gasteiger partial charge in [-0.25, -0.2) is 0 Å². The van der Waals surface area contributed by atoms with Gasteiger partial charge in [0.2, 0.25) is 0 Å². The predicted molar refractivity (Wildman–Crippen MR) is 50.1 cm³/mol. The molecule has 1 unspecified atom stereocenters. The molecule has 0 amide bonds. The van der Waals surface area contributed by atoms with Crippen molar-refractivity contribution in [3.05, 3.63) is 23.2 Å². The number of nitrogens with one attached hydrogen (secondary N) is 1. The second-order valence-electron chi connectivity index (χ2n) is 3.66. The Hall–Kier alpha value is -1.29. The number of rotatable bonds is 2. The Balaban J connectivity index is 2.25. The summed E-state index contributed by atoms with van der Waals surface area (Å²) in [4.78, 5) is 10.6. The number of aryl methyl sites for hydroxylation is 1. The van der Waals surface area contributed by atoms with Crippen LogP contribution in [0.15, 0.2) is 10.5 Å². The van der Waals surface area contributed by atoms with Crippen molar-refractivity contribution in [2.45, 2.75) is 25.8 Å². The van der Waals surface area contributed by atoms with E-state index in [1.807, 2.05) is 13.0 Å². The zero-order chi connectivity index (χ0) is 10.1. The average molecular weight is 195 g/mol. The van der Waals surface area contributed by atoms with E-state index in [0.29, 0.717) is 6.54 Å². The van der Waals surface area contributed by atoms with Crippen LogP contribution in [-0.4, -0.2) is 17.6 Å². The molecule has 4 nitrogen and oxygen atoms in total. The lowest BCUT2D eigenvalue weighted by Crippen LogP contribution is -2.28. The highest BCUT2D eigenvalue weighted by Gasteiger charge is 2.25. The molecule has 1 atom stereocenters. The van der Waals surface area contributed by atoms with E-state index in [9.17, 15) is 4.79 Å². The smallest absolute Gasteiger partial charge is 0.304 e. The van der Waals surface area contributed by atoms with Crippen molar-refractivity contribution in [1.82, 2.24) is 5.32 Å². The molecule has 2 rings (SSSR count). The Labute approximate surface area is 81.9 Å². The summed E-state index contributed by atoms with van der Waals surface area (Å²) in [6.45, 7) is 3.31. The summed E-state index contributed by atoms with van der Waals surface area (Å²) >= 11 is 0. The van der Waals surface area contributed by atoms with Gasteiger partial charge in [0.25, 0.3) is 0 Å². The molecule has 14 heavy (non-hydrogen) atoms. The van der Waals surface area contributed by atoms with Crippen molar-refractivity contribution in [1.29, 1.82) is 0 Å². The summed E-state index contributed by atoms with van der Waals surface area (Å²) in [6.07, 6.45) is 0.166. The summed E-state index contributed by atoms with van der Waals surface area (Å²) < 4.78 is 5.46. The van der Waals surface area contributed by atoms with Crippen LogP contribution in [-0.2, 0) is 11.3 Å². The topological polar surface area (TPSA) is 62.5 Å². The van der Waals surface area contributed by atoms with E-state index in [-0.39, 0.29) is 12.3 Å². The molecule has 1 aliphatic rings. The van der Waals surface area contributed by atoms with Gasteiger partial charge < -0.3 is 14.8 Å². The molecular formula is C10H13NO3. The van der Waals surface area contributed by atoms with Gasteiger partial charge >= 0.3 is 5.97 Å². The zero-order valence-corrected chi connectivity index (χ0v) is 8.04. The molecular weight excluding hydrogens is 182 g/mol. The molecule has 1 aromatic heterocycles. The van der Waals surface area contributed by atoms with E-state index >= 15 is 0 Å². The Morgan fingerprint density at radius 3 is 3.29 bits per heavy atom. The summed E-state index contributed by atoms with van der Waals surface area (Å²) in [5, 5.41) is 11.9. The van der Waals surface area contributed by atoms with Crippen molar-refractivity contribution in [3.8, 4) is 0 Å². The maximum absolute atomic E-state index is 10.6. The first-order valence-electron chi connectivity index (χ1n) is 4.68. The van der Waals surface area contributed by atoms with Crippen LogP contribution in [0.25, 0.3) is 0 Å². The summed E-state index contributed by atoms with van der Waals surface area (Å²) in [5.74, 6) is 1.03. The summed E-state index contributed by atoms with van der Waals surface area (Å²) in [5.41, 5.74) is 1.06. The van der Waals surface area contributed by atoms with Gasteiger partial charge in [-0.3, -0.25) is 4.79 Å². The maximum atomic E-state index is 10.6. The summed E-state index contributed by atoms with van der Waals surface area (Å²) in [6, 6.07) is 1.95. The van der Waals surface area contributed by atoms with Gasteiger partial charge in [-0.1, -0.05) is 0 Å². The van der Waals surface area contributed by atoms with Gasteiger partial charge in [0, 0.05) is 18.0 Å². The van der Waals surface area contributed by atoms with Crippen LogP contribution < -0.4 is 5.32 Å². The molecule has 2 heterocycles. The fraction of sp³-hybridized carbons (Fsp3) is 0.500. The zero-order valence-electron chi connectivity index (χ0n) is 8.04. The molecule has 1 aliphatic heterocycles. The van der Waals surface area contributed by atoms with E-state index in [1.165, 1.54) is 0 Å². The van der Waals surface area contributed by atoms with Crippen molar-refractivity contribution >= 4 is 5.97 Å². The third-order valence-electron chi connectivity index (χ3n) is 2.50. The fourth-order valence-corrected chi connectivity index (χ4v) is 1.93. The van der Waals surface area contributed by atoms with Gasteiger partial charge in [0.15, 0.2) is 0 Å². The van der Waals surface area contributed by atoms with Crippen molar-refractivity contribution in [2.24, 2.45) is 0 Å². The van der Waals surface area contributed by atoms with Crippen LogP contribution in [0.1, 0.15) is 29.4 Å². The molecule has 4 heteroatoms. The monoisotopic (exact) mass is 195 g/mol. The minimum Gasteiger partial charge on any atom is -0.481 e. The number of aliphatic carboxylic acids is 1. The largest absolute Gasteiger partial charge is 0.481 e. The van der Waals surface area contributed by atoms with Crippen molar-refractivity contribution in [3.63, 3.8) is 0 Å². The lowest BCUT2D eigenvalue weighted by atomic mass is 9.93. The number of furan rings is 1. The standard InChI is InChI=1S/C10H13NO3/c1-6-2-8-7(3-10(12)13)4-11-5-9(8)14-6/h2,7,11H,3-5H2,1H3,(H,12,13). The molecule has 0 aromatic carbocycles. The number of fused-ring (bicyclic) bond motifs is 1. The highest BCUT2D eigenvalue weighted by molar-refractivity contribution is 5.68. The number of hydrogen-bond acceptors (Lipinski definition) is 3. The quantitative estimate of drug-likeness (QED) is 0.745. The van der Waals surface area contributed by atoms with Gasteiger partial charge in [-0.15, -0.1) is 0 Å². The first-order chi connectivity index (χ1) is 6.66. The second-order valence-corrected chi connectivity index (χ2v) is 3.66. The second kappa shape index (κ2) is 3.46. The third-order valence-corrected chi connectivity index (χ3v) is 2.50. The van der Waals surface area contributed by atoms with Crippen LogP contribution >= 0.6 is 0 Å². The number of carboxylic acid groups (broad SMARTS) is 1. The van der Waals surface area contributed by atoms with Crippen molar-refractivity contribution in [2.75, 3.05) is 6.54 Å². The van der Waals surface area contributed by atoms with E-state index in [2.05, 4.69) is 5.32 Å². The minimum absolute atomic E-state index is 0.0497. The maximum Gasteiger partial charge on any atom is 0.304 e. The third kappa shape index (κ3) is 1.65. The first kappa shape index (κ1) is 9.27. The molecule has 0 fully saturated rings. The lowest BCUT2D eigenvalue weighted by Gasteiger charge is -2.20. The normalized spacial score (nSPS) is 20.5. The van der Waals surface area contributed by atoms with E-state index < -0.39 is 5.97 Å². The highest BCUT2D eigenvalue weighted by Crippen LogP contribution is 2.29. The number of hydrogen-bond donors (Lipinski definition) is 2. The molecule has 0 aliphatic carbocycles. The van der Waals surface area contributed by atoms with Gasteiger partial charge in [0.1, 0.15) is 11.5 Å². The van der Waals surface area contributed by atoms with E-state index in [0.717, 1.165) is 23.6 Å². The van der Waals surface area contributed by atoms with Crippen LogP contribution in [0.5, 0.6) is 0 Å². The molecule has 2 N–H and O–H groups in total. The van der Waals surface area contributed by atoms with Gasteiger partial charge in [-0.2, -0.15) is 0 Å². The van der Waals surface area contributed by atoms with Crippen LogP contribution in [0.3, 0.4) is 0 Å². The molecule has 0 bridgehead atoms. The van der Waals surface area contributed by atoms with Gasteiger partial charge in [-0.05, 0) is 13.0 Å². The van der Waals surface area contributed by atoms with Crippen LogP contribution in [0.4, 0.5) is 0 Å². The van der Waals surface area contributed by atoms with E-state index in [4.69, 9.17) is 9.52 Å². The van der Waals surface area contributed by atoms with E-state index in [1.54, 1.807) is 0 Å². The number of carbonyl (C=O) groups is 1. The Kier molecular flexibility index (Phi) is 2.29. The fourth-order valence-electron chi connectivity index (χ4n) is 1.93. The molecule has 76 valence electrons. The molecule has 1 aromatic rings. The molecule has 0 saturated heterocycles. The summed E-state index contributed by atoms with van der Waals surface area (Å²) in [7, 11) is 0. The average Bonchev–Trinajstić information content (AvgIpc) is 2.45. The Bertz CT molecular complexity index is 356. The minimum atomic E-state index is -0.761. The SMILES string of the molecule is Cc1cc2c(o1)CNCC2CC(=O)O. The van der Waals surface area contributed by atoms with Crippen LogP contribution in [0, 0.1) is 6.92 Å². The van der Waals surface area contributed by atoms with Gasteiger partial charge in [0.05, 0.1) is 13.0 Å². The molecule has 0 radical (unpaired) electrons. The predicted octanol–water partition coefficient (Wildman–Crippen LogP) is 1.25. The lowest BCUT2D eigenvalue weighted by molar-refractivity contribution is -0.137. The first-order valence-corrected chi connectivity index (χ1v) is 4.68. The molecule has 0 spiro atoms. The molecule has 0 saturated carbocycles. The Morgan fingerprint density at radius 1 is 1.79 bits per heavy atom. The Morgan fingerprint density at radius 2 is 2.57 bits per heavy atom. The number of carboxylic acids is 1. The highest BCUT2D eigenvalue weighted by atomic mass is 16.4. The van der Waals surface area contributed by atoms with Crippen molar-refractivity contribution < 1.29 is 14.3 Å². The van der Waals surface area contributed by atoms with Crippen LogP contribution in [0.2, 0.25) is 0 Å².